The van der Waals surface area contributed by atoms with E-state index in [1.807, 2.05) is 88.9 Å². The largest absolute Gasteiger partial charge is 0.363 e. The molecule has 3 rings (SSSR count). The van der Waals surface area contributed by atoms with Gasteiger partial charge in [0.1, 0.15) is 11.7 Å². The van der Waals surface area contributed by atoms with Gasteiger partial charge in [-0.2, -0.15) is 0 Å². The Morgan fingerprint density at radius 3 is 1.34 bits per heavy atom. The third-order valence-electron chi connectivity index (χ3n) is 5.67. The molecule has 0 bridgehead atoms. The molecule has 5 heteroatoms. The van der Waals surface area contributed by atoms with Crippen molar-refractivity contribution in [3.63, 3.8) is 0 Å². The molecule has 166 valence electrons. The predicted molar refractivity (Wildman–Crippen MR) is 133 cm³/mol. The molecule has 0 unspecified atom stereocenters. The maximum Gasteiger partial charge on any atom is 0.185 e. The Balaban J connectivity index is 1.82. The Morgan fingerprint density at radius 1 is 0.688 bits per heavy atom. The summed E-state index contributed by atoms with van der Waals surface area (Å²) < 4.78 is 0. The molecule has 1 aliphatic carbocycles. The van der Waals surface area contributed by atoms with Crippen LogP contribution in [0.5, 0.6) is 0 Å². The van der Waals surface area contributed by atoms with Crippen LogP contribution in [0, 0.1) is 10.8 Å². The molecule has 0 radical (unpaired) electrons. The summed E-state index contributed by atoms with van der Waals surface area (Å²) in [5.74, 6) is 1.05. The van der Waals surface area contributed by atoms with Gasteiger partial charge < -0.3 is 9.80 Å². The van der Waals surface area contributed by atoms with Crippen LogP contribution in [0.2, 0.25) is 0 Å². The molecule has 1 fully saturated rings. The number of allylic oxidation sites excluding steroid dienone is 2. The summed E-state index contributed by atoms with van der Waals surface area (Å²) in [6.45, 7) is 0. The first-order valence-electron chi connectivity index (χ1n) is 10.9. The highest BCUT2D eigenvalue weighted by Gasteiger charge is 2.19. The Bertz CT molecular complexity index is 972. The topological polar surface area (TPSA) is 71.2 Å². The van der Waals surface area contributed by atoms with Crippen molar-refractivity contribution in [3.05, 3.63) is 81.9 Å². The Labute approximate surface area is 191 Å². The van der Waals surface area contributed by atoms with Gasteiger partial charge in [-0.25, -0.2) is 0 Å². The molecule has 0 saturated heterocycles. The van der Waals surface area contributed by atoms with E-state index in [-0.39, 0.29) is 5.78 Å². The minimum Gasteiger partial charge on any atom is -0.363 e. The third-order valence-corrected chi connectivity index (χ3v) is 5.67. The highest BCUT2D eigenvalue weighted by molar-refractivity contribution is 6.13. The first-order valence-corrected chi connectivity index (χ1v) is 10.9. The molecule has 2 N–H and O–H groups in total. The van der Waals surface area contributed by atoms with E-state index in [1.165, 1.54) is 0 Å². The van der Waals surface area contributed by atoms with Gasteiger partial charge in [0.2, 0.25) is 0 Å². The average molecular weight is 429 g/mol. The number of rotatable bonds is 4. The van der Waals surface area contributed by atoms with Crippen molar-refractivity contribution in [2.75, 3.05) is 28.2 Å². The van der Waals surface area contributed by atoms with Crippen LogP contribution in [0.4, 0.5) is 0 Å². The minimum absolute atomic E-state index is 0.123. The number of carbonyl (C=O) groups excluding carboxylic acids is 1. The van der Waals surface area contributed by atoms with Gasteiger partial charge in [-0.05, 0) is 49.0 Å². The summed E-state index contributed by atoms with van der Waals surface area (Å²) in [5, 5.41) is 16.2. The van der Waals surface area contributed by atoms with E-state index in [1.54, 1.807) is 9.80 Å². The molecular weight excluding hydrogens is 396 g/mol. The molecule has 0 spiro atoms. The molecule has 1 aliphatic rings. The van der Waals surface area contributed by atoms with Crippen LogP contribution in [0.15, 0.2) is 59.7 Å². The van der Waals surface area contributed by atoms with Crippen molar-refractivity contribution in [1.29, 1.82) is 10.8 Å². The molecule has 2 aromatic carbocycles. The number of hydrogen-bond acceptors (Lipinski definition) is 3. The van der Waals surface area contributed by atoms with E-state index < -0.39 is 0 Å². The van der Waals surface area contributed by atoms with Gasteiger partial charge in [-0.3, -0.25) is 15.6 Å². The number of benzene rings is 2. The molecule has 0 heterocycles. The summed E-state index contributed by atoms with van der Waals surface area (Å²) in [6, 6.07) is 15.6. The van der Waals surface area contributed by atoms with Crippen molar-refractivity contribution in [2.45, 2.75) is 25.7 Å². The third kappa shape index (κ3) is 5.61. The fourth-order valence-electron chi connectivity index (χ4n) is 3.73. The number of amidine groups is 2. The molecule has 32 heavy (non-hydrogen) atoms. The van der Waals surface area contributed by atoms with Gasteiger partial charge in [0.05, 0.1) is 0 Å². The van der Waals surface area contributed by atoms with E-state index in [4.69, 9.17) is 10.8 Å². The van der Waals surface area contributed by atoms with E-state index >= 15 is 0 Å². The predicted octanol–water partition coefficient (Wildman–Crippen LogP) is 5.07. The molecule has 2 aromatic rings. The second-order valence-corrected chi connectivity index (χ2v) is 8.61. The lowest BCUT2D eigenvalue weighted by molar-refractivity contribution is -0.112. The Morgan fingerprint density at radius 2 is 1.03 bits per heavy atom. The zero-order valence-electron chi connectivity index (χ0n) is 19.4. The molecule has 1 saturated carbocycles. The van der Waals surface area contributed by atoms with Gasteiger partial charge in [0.15, 0.2) is 5.78 Å². The van der Waals surface area contributed by atoms with Crippen molar-refractivity contribution in [1.82, 2.24) is 9.80 Å². The van der Waals surface area contributed by atoms with Gasteiger partial charge in [0.25, 0.3) is 0 Å². The quantitative estimate of drug-likeness (QED) is 0.309. The first-order chi connectivity index (χ1) is 15.3. The summed E-state index contributed by atoms with van der Waals surface area (Å²) in [7, 11) is 7.43. The zero-order chi connectivity index (χ0) is 23.3. The van der Waals surface area contributed by atoms with Crippen LogP contribution in [-0.4, -0.2) is 55.4 Å². The number of nitrogens with one attached hydrogen (secondary N) is 2. The fourth-order valence-corrected chi connectivity index (χ4v) is 3.73. The second kappa shape index (κ2) is 10.2. The monoisotopic (exact) mass is 428 g/mol. The SMILES string of the molecule is CN(C)C(=N)c1ccc(/C=C2/CCCC/C(=C/c3ccc(C(=N)N(C)C)cc3)C2=O)cc1. The maximum absolute atomic E-state index is 13.3. The van der Waals surface area contributed by atoms with E-state index in [2.05, 4.69) is 0 Å². The van der Waals surface area contributed by atoms with Gasteiger partial charge >= 0.3 is 0 Å². The van der Waals surface area contributed by atoms with E-state index in [0.29, 0.717) is 11.7 Å². The van der Waals surface area contributed by atoms with Gasteiger partial charge in [-0.15, -0.1) is 0 Å². The van der Waals surface area contributed by atoms with Crippen LogP contribution in [0.25, 0.3) is 12.2 Å². The van der Waals surface area contributed by atoms with Gasteiger partial charge in [0, 0.05) is 50.5 Å². The average Bonchev–Trinajstić information content (AvgIpc) is 2.95. The number of nitrogens with zero attached hydrogens (tertiary/aromatic N) is 2. The number of Topliss-reactive ketones (excluding diaryl/α,β-unsaturated/α-hetero) is 1. The van der Waals surface area contributed by atoms with Gasteiger partial charge in [-0.1, -0.05) is 48.5 Å². The lowest BCUT2D eigenvalue weighted by Gasteiger charge is -2.14. The van der Waals surface area contributed by atoms with Crippen LogP contribution in [0.3, 0.4) is 0 Å². The first kappa shape index (κ1) is 23.2. The van der Waals surface area contributed by atoms with Crippen molar-refractivity contribution in [2.24, 2.45) is 0 Å². The number of carbonyl (C=O) groups is 1. The molecule has 0 amide bonds. The second-order valence-electron chi connectivity index (χ2n) is 8.61. The fraction of sp³-hybridized carbons (Fsp3) is 0.296. The summed E-state index contributed by atoms with van der Waals surface area (Å²) >= 11 is 0. The molecule has 0 aromatic heterocycles. The smallest absolute Gasteiger partial charge is 0.185 e. The number of hydrogen-bond donors (Lipinski definition) is 2. The van der Waals surface area contributed by atoms with Crippen LogP contribution >= 0.6 is 0 Å². The molecule has 0 aliphatic heterocycles. The standard InChI is InChI=1S/C27H32N4O/c1-30(2)26(28)21-13-9-19(10-14-21)17-23-7-5-6-8-24(25(23)32)18-20-11-15-22(16-12-20)27(29)31(3)4/h9-18,28-29H,5-8H2,1-4H3/b23-17-,24-18-,28-26?,29-27?. The summed E-state index contributed by atoms with van der Waals surface area (Å²) in [5.41, 5.74) is 5.37. The molecular formula is C27H32N4O. The Kier molecular flexibility index (Phi) is 7.41. The van der Waals surface area contributed by atoms with Crippen LogP contribution < -0.4 is 0 Å². The number of ketones is 1. The van der Waals surface area contributed by atoms with Crippen molar-refractivity contribution >= 4 is 29.6 Å². The lowest BCUT2D eigenvalue weighted by Crippen LogP contribution is -2.21. The lowest BCUT2D eigenvalue weighted by atomic mass is 9.97. The van der Waals surface area contributed by atoms with E-state index in [0.717, 1.165) is 59.1 Å². The Hall–Kier alpha value is -3.47. The van der Waals surface area contributed by atoms with E-state index in [9.17, 15) is 4.79 Å². The van der Waals surface area contributed by atoms with Crippen molar-refractivity contribution in [3.8, 4) is 0 Å². The van der Waals surface area contributed by atoms with Crippen molar-refractivity contribution < 1.29 is 4.79 Å². The summed E-state index contributed by atoms with van der Waals surface area (Å²) in [4.78, 5) is 16.8. The zero-order valence-corrected chi connectivity index (χ0v) is 19.4. The summed E-state index contributed by atoms with van der Waals surface area (Å²) in [6.07, 6.45) is 7.54. The highest BCUT2D eigenvalue weighted by Crippen LogP contribution is 2.27. The highest BCUT2D eigenvalue weighted by atomic mass is 16.1. The normalized spacial score (nSPS) is 16.7. The maximum atomic E-state index is 13.3. The molecule has 0 atom stereocenters. The van der Waals surface area contributed by atoms with Crippen LogP contribution in [-0.2, 0) is 4.79 Å². The minimum atomic E-state index is 0.123. The van der Waals surface area contributed by atoms with Crippen LogP contribution in [0.1, 0.15) is 47.9 Å². The molecule has 5 nitrogen and oxygen atoms in total.